The van der Waals surface area contributed by atoms with Crippen molar-refractivity contribution in [1.82, 2.24) is 0 Å². The highest BCUT2D eigenvalue weighted by atomic mass is 32.2. The lowest BCUT2D eigenvalue weighted by molar-refractivity contribution is 0.217. The minimum Gasteiger partial charge on any atom is -0.496 e. The molecule has 1 nitrogen and oxygen atoms in total. The topological polar surface area (TPSA) is 9.23 Å². The third-order valence-electron chi connectivity index (χ3n) is 4.92. The van der Waals surface area contributed by atoms with E-state index in [-0.39, 0.29) is 5.92 Å². The van der Waals surface area contributed by atoms with Crippen LogP contribution in [0.2, 0.25) is 0 Å². The van der Waals surface area contributed by atoms with Gasteiger partial charge in [0, 0.05) is 4.90 Å². The van der Waals surface area contributed by atoms with Crippen LogP contribution in [0.4, 0.5) is 0 Å². The van der Waals surface area contributed by atoms with Crippen LogP contribution in [0.15, 0.2) is 83.5 Å². The fourth-order valence-corrected chi connectivity index (χ4v) is 4.79. The molecular weight excluding hydrogens is 348 g/mol. The van der Waals surface area contributed by atoms with Gasteiger partial charge in [-0.1, -0.05) is 89.6 Å². The predicted molar refractivity (Wildman–Crippen MR) is 115 cm³/mol. The van der Waals surface area contributed by atoms with Gasteiger partial charge in [0.25, 0.3) is 0 Å². The van der Waals surface area contributed by atoms with Crippen molar-refractivity contribution in [3.05, 3.63) is 106 Å². The smallest absolute Gasteiger partial charge is 0.122 e. The average Bonchev–Trinajstić information content (AvgIpc) is 2.69. The summed E-state index contributed by atoms with van der Waals surface area (Å²) in [6.07, 6.45) is 0. The van der Waals surface area contributed by atoms with E-state index in [0.29, 0.717) is 6.61 Å². The van der Waals surface area contributed by atoms with Crippen molar-refractivity contribution in [3.8, 4) is 0 Å². The Balaban J connectivity index is 1.96. The number of hydrogen-bond donors (Lipinski definition) is 0. The van der Waals surface area contributed by atoms with Gasteiger partial charge in [-0.3, -0.25) is 0 Å². The molecule has 0 unspecified atom stereocenters. The molecule has 3 aromatic carbocycles. The molecule has 1 aliphatic heterocycles. The average molecular weight is 373 g/mol. The van der Waals surface area contributed by atoms with Gasteiger partial charge in [-0.2, -0.15) is 0 Å². The van der Waals surface area contributed by atoms with E-state index in [4.69, 9.17) is 4.74 Å². The number of hydrogen-bond acceptors (Lipinski definition) is 2. The van der Waals surface area contributed by atoms with Crippen molar-refractivity contribution in [2.75, 3.05) is 6.61 Å². The third kappa shape index (κ3) is 3.54. The first-order valence-corrected chi connectivity index (χ1v) is 10.3. The molecule has 0 spiro atoms. The summed E-state index contributed by atoms with van der Waals surface area (Å²) in [5.41, 5.74) is 6.40. The zero-order valence-electron chi connectivity index (χ0n) is 16.0. The first-order chi connectivity index (χ1) is 13.2. The van der Waals surface area contributed by atoms with Crippen molar-refractivity contribution in [2.24, 2.45) is 0 Å². The van der Waals surface area contributed by atoms with E-state index >= 15 is 0 Å². The minimum atomic E-state index is 0.122. The molecule has 136 valence electrons. The number of ether oxygens (including phenoxy) is 1. The van der Waals surface area contributed by atoms with Gasteiger partial charge in [-0.25, -0.2) is 0 Å². The van der Waals surface area contributed by atoms with Crippen molar-refractivity contribution >= 4 is 16.7 Å². The molecule has 0 saturated heterocycles. The van der Waals surface area contributed by atoms with Gasteiger partial charge in [-0.15, -0.1) is 0 Å². The Kier molecular flexibility index (Phi) is 5.09. The van der Waals surface area contributed by atoms with Crippen LogP contribution in [0.1, 0.15) is 40.7 Å². The number of thioether (sulfide) groups is 1. The number of rotatable bonds is 4. The lowest BCUT2D eigenvalue weighted by Gasteiger charge is -2.31. The molecule has 0 saturated carbocycles. The minimum absolute atomic E-state index is 0.122. The van der Waals surface area contributed by atoms with Crippen molar-refractivity contribution < 1.29 is 4.74 Å². The molecule has 27 heavy (non-hydrogen) atoms. The van der Waals surface area contributed by atoms with Crippen molar-refractivity contribution in [1.29, 1.82) is 0 Å². The Labute approximate surface area is 166 Å². The fourth-order valence-electron chi connectivity index (χ4n) is 3.60. The molecule has 0 fully saturated rings. The van der Waals surface area contributed by atoms with E-state index in [0.717, 1.165) is 5.76 Å². The van der Waals surface area contributed by atoms with Gasteiger partial charge in [0.2, 0.25) is 0 Å². The summed E-state index contributed by atoms with van der Waals surface area (Å²) < 4.78 is 6.30. The summed E-state index contributed by atoms with van der Waals surface area (Å²) in [6, 6.07) is 26.2. The van der Waals surface area contributed by atoms with Crippen LogP contribution in [-0.2, 0) is 4.74 Å². The van der Waals surface area contributed by atoms with Gasteiger partial charge < -0.3 is 4.74 Å². The zero-order chi connectivity index (χ0) is 18.8. The molecule has 0 radical (unpaired) electrons. The Morgan fingerprint density at radius 3 is 2.26 bits per heavy atom. The second kappa shape index (κ2) is 7.66. The molecule has 0 N–H and O–H groups in total. The van der Waals surface area contributed by atoms with Crippen LogP contribution in [-0.4, -0.2) is 6.61 Å². The van der Waals surface area contributed by atoms with E-state index in [2.05, 4.69) is 93.6 Å². The second-order valence-electron chi connectivity index (χ2n) is 6.98. The van der Waals surface area contributed by atoms with Crippen LogP contribution < -0.4 is 0 Å². The van der Waals surface area contributed by atoms with E-state index in [1.54, 1.807) is 0 Å². The Hall–Kier alpha value is -2.45. The number of fused-ring (bicyclic) bond motifs is 1. The van der Waals surface area contributed by atoms with E-state index in [1.165, 1.54) is 37.6 Å². The lowest BCUT2D eigenvalue weighted by atomic mass is 9.87. The summed E-state index contributed by atoms with van der Waals surface area (Å²) in [7, 11) is 0. The molecule has 2 heteroatoms. The predicted octanol–water partition coefficient (Wildman–Crippen LogP) is 6.95. The normalized spacial score (nSPS) is 16.2. The molecule has 0 aromatic heterocycles. The first kappa shape index (κ1) is 17.9. The number of allylic oxidation sites excluding steroid dienone is 1. The largest absolute Gasteiger partial charge is 0.496 e. The van der Waals surface area contributed by atoms with Crippen LogP contribution in [0.25, 0.3) is 4.91 Å². The summed E-state index contributed by atoms with van der Waals surface area (Å²) in [5, 5.41) is 0. The van der Waals surface area contributed by atoms with Crippen molar-refractivity contribution in [2.45, 2.75) is 31.6 Å². The Morgan fingerprint density at radius 1 is 0.852 bits per heavy atom. The number of aryl methyl sites for hydroxylation is 2. The zero-order valence-corrected chi connectivity index (χ0v) is 16.8. The molecule has 1 atom stereocenters. The highest BCUT2D eigenvalue weighted by Gasteiger charge is 2.32. The SMILES string of the molecule is CCOC1=C(c2ccccc2)Sc2ccc(C)cc2[C@@H]1c1ccc(C)cc1. The maximum atomic E-state index is 6.30. The van der Waals surface area contributed by atoms with Crippen LogP contribution >= 0.6 is 11.8 Å². The second-order valence-corrected chi connectivity index (χ2v) is 8.03. The summed E-state index contributed by atoms with van der Waals surface area (Å²) in [6.45, 7) is 7.02. The molecule has 1 aliphatic rings. The molecular formula is C25H24OS. The maximum absolute atomic E-state index is 6.30. The molecule has 0 bridgehead atoms. The third-order valence-corrected chi connectivity index (χ3v) is 6.15. The van der Waals surface area contributed by atoms with Gasteiger partial charge in [0.15, 0.2) is 0 Å². The summed E-state index contributed by atoms with van der Waals surface area (Å²) >= 11 is 1.82. The highest BCUT2D eigenvalue weighted by molar-refractivity contribution is 8.08. The molecule has 0 amide bonds. The molecule has 4 rings (SSSR count). The van der Waals surface area contributed by atoms with Gasteiger partial charge in [-0.05, 0) is 43.5 Å². The fraction of sp³-hybridized carbons (Fsp3) is 0.200. The van der Waals surface area contributed by atoms with Crippen LogP contribution in [0.5, 0.6) is 0 Å². The molecule has 1 heterocycles. The summed E-state index contributed by atoms with van der Waals surface area (Å²) in [4.78, 5) is 2.54. The van der Waals surface area contributed by atoms with Crippen molar-refractivity contribution in [3.63, 3.8) is 0 Å². The van der Waals surface area contributed by atoms with Gasteiger partial charge in [0.05, 0.1) is 17.4 Å². The maximum Gasteiger partial charge on any atom is 0.122 e. The quantitative estimate of drug-likeness (QED) is 0.490. The van der Waals surface area contributed by atoms with E-state index in [1.807, 2.05) is 11.8 Å². The molecule has 0 aliphatic carbocycles. The van der Waals surface area contributed by atoms with E-state index in [9.17, 15) is 0 Å². The van der Waals surface area contributed by atoms with Crippen LogP contribution in [0.3, 0.4) is 0 Å². The Morgan fingerprint density at radius 2 is 1.56 bits per heavy atom. The highest BCUT2D eigenvalue weighted by Crippen LogP contribution is 2.51. The standard InChI is InChI=1S/C25H24OS/c1-4-26-24-23(19-13-10-17(2)11-14-19)21-16-18(3)12-15-22(21)27-25(24)20-8-6-5-7-9-20/h5-16,23H,4H2,1-3H3/t23-/m0/s1. The summed E-state index contributed by atoms with van der Waals surface area (Å²) in [5.74, 6) is 1.19. The number of benzene rings is 3. The first-order valence-electron chi connectivity index (χ1n) is 9.44. The Bertz CT molecular complexity index is 971. The van der Waals surface area contributed by atoms with Gasteiger partial charge in [0.1, 0.15) is 5.76 Å². The lowest BCUT2D eigenvalue weighted by Crippen LogP contribution is -2.14. The molecule has 3 aromatic rings. The van der Waals surface area contributed by atoms with Gasteiger partial charge >= 0.3 is 0 Å². The van der Waals surface area contributed by atoms with E-state index < -0.39 is 0 Å². The van der Waals surface area contributed by atoms with Crippen LogP contribution in [0, 0.1) is 13.8 Å². The monoisotopic (exact) mass is 372 g/mol.